The number of aromatic nitrogens is 1. The quantitative estimate of drug-likeness (QED) is 0.792. The number of hydrogen-bond donors (Lipinski definition) is 3. The third-order valence-electron chi connectivity index (χ3n) is 3.57. The first-order valence-electron chi connectivity index (χ1n) is 6.45. The number of nitrogens with two attached hydrogens (primary N) is 1. The summed E-state index contributed by atoms with van der Waals surface area (Å²) in [4.78, 5) is 15.2. The van der Waals surface area contributed by atoms with Crippen molar-refractivity contribution < 1.29 is 9.90 Å². The Bertz CT molecular complexity index is 645. The molecule has 1 aromatic carbocycles. The molecule has 20 heavy (non-hydrogen) atoms. The fourth-order valence-corrected chi connectivity index (χ4v) is 2.60. The SMILES string of the molecule is Nc1cnc(NC2Cc3ccccc3C2)cc1C(=O)O. The Morgan fingerprint density at radius 1 is 1.30 bits per heavy atom. The zero-order valence-electron chi connectivity index (χ0n) is 10.8. The molecule has 0 spiro atoms. The fraction of sp³-hybridized carbons (Fsp3) is 0.200. The van der Waals surface area contributed by atoms with Gasteiger partial charge in [0.25, 0.3) is 0 Å². The van der Waals surface area contributed by atoms with E-state index in [2.05, 4.69) is 22.4 Å². The number of benzene rings is 1. The summed E-state index contributed by atoms with van der Waals surface area (Å²) in [7, 11) is 0. The number of carboxylic acids is 1. The van der Waals surface area contributed by atoms with Crippen molar-refractivity contribution in [1.82, 2.24) is 4.98 Å². The van der Waals surface area contributed by atoms with Crippen molar-refractivity contribution in [3.05, 3.63) is 53.2 Å². The van der Waals surface area contributed by atoms with E-state index in [0.29, 0.717) is 5.82 Å². The number of fused-ring (bicyclic) bond motifs is 1. The van der Waals surface area contributed by atoms with Gasteiger partial charge >= 0.3 is 5.97 Å². The van der Waals surface area contributed by atoms with Crippen LogP contribution in [-0.4, -0.2) is 22.1 Å². The van der Waals surface area contributed by atoms with E-state index in [9.17, 15) is 4.79 Å². The van der Waals surface area contributed by atoms with Crippen molar-refractivity contribution in [2.24, 2.45) is 0 Å². The molecule has 0 saturated heterocycles. The molecule has 0 amide bonds. The van der Waals surface area contributed by atoms with Crippen molar-refractivity contribution in [2.45, 2.75) is 18.9 Å². The number of anilines is 2. The van der Waals surface area contributed by atoms with E-state index in [1.165, 1.54) is 23.4 Å². The Morgan fingerprint density at radius 3 is 2.55 bits per heavy atom. The van der Waals surface area contributed by atoms with Crippen LogP contribution in [0.4, 0.5) is 11.5 Å². The first-order chi connectivity index (χ1) is 9.63. The Morgan fingerprint density at radius 2 is 1.95 bits per heavy atom. The molecular weight excluding hydrogens is 254 g/mol. The van der Waals surface area contributed by atoms with Crippen molar-refractivity contribution in [2.75, 3.05) is 11.1 Å². The molecular formula is C15H15N3O2. The van der Waals surface area contributed by atoms with Crippen molar-refractivity contribution in [3.63, 3.8) is 0 Å². The van der Waals surface area contributed by atoms with Crippen LogP contribution in [0, 0.1) is 0 Å². The zero-order chi connectivity index (χ0) is 14.1. The van der Waals surface area contributed by atoms with E-state index in [-0.39, 0.29) is 17.3 Å². The molecule has 0 bridgehead atoms. The summed E-state index contributed by atoms with van der Waals surface area (Å²) in [5.41, 5.74) is 8.52. The molecule has 4 N–H and O–H groups in total. The number of nitrogens with zero attached hydrogens (tertiary/aromatic N) is 1. The summed E-state index contributed by atoms with van der Waals surface area (Å²) < 4.78 is 0. The van der Waals surface area contributed by atoms with Crippen molar-refractivity contribution >= 4 is 17.5 Å². The standard InChI is InChI=1S/C15H15N3O2/c16-13-8-17-14(7-12(13)15(19)20)18-11-5-9-3-1-2-4-10(9)6-11/h1-4,7-8,11H,5-6,16H2,(H,17,18)(H,19,20). The summed E-state index contributed by atoms with van der Waals surface area (Å²) in [5, 5.41) is 12.3. The number of nitrogen functional groups attached to an aromatic ring is 1. The van der Waals surface area contributed by atoms with Gasteiger partial charge in [-0.15, -0.1) is 0 Å². The summed E-state index contributed by atoms with van der Waals surface area (Å²) >= 11 is 0. The Kier molecular flexibility index (Phi) is 3.02. The zero-order valence-corrected chi connectivity index (χ0v) is 10.8. The van der Waals surface area contributed by atoms with Gasteiger partial charge in [0.2, 0.25) is 0 Å². The van der Waals surface area contributed by atoms with Gasteiger partial charge in [-0.05, 0) is 30.0 Å². The third-order valence-corrected chi connectivity index (χ3v) is 3.57. The van der Waals surface area contributed by atoms with Crippen LogP contribution in [0.1, 0.15) is 21.5 Å². The first-order valence-corrected chi connectivity index (χ1v) is 6.45. The summed E-state index contributed by atoms with van der Waals surface area (Å²) in [6.45, 7) is 0. The summed E-state index contributed by atoms with van der Waals surface area (Å²) in [6, 6.07) is 10.0. The molecule has 0 unspecified atom stereocenters. The van der Waals surface area contributed by atoms with Crippen LogP contribution in [0.5, 0.6) is 0 Å². The van der Waals surface area contributed by atoms with E-state index < -0.39 is 5.97 Å². The first kappa shape index (κ1) is 12.5. The highest BCUT2D eigenvalue weighted by atomic mass is 16.4. The lowest BCUT2D eigenvalue weighted by atomic mass is 10.1. The molecule has 5 nitrogen and oxygen atoms in total. The average molecular weight is 269 g/mol. The maximum Gasteiger partial charge on any atom is 0.337 e. The maximum atomic E-state index is 11.1. The smallest absolute Gasteiger partial charge is 0.337 e. The number of aromatic carboxylic acids is 1. The van der Waals surface area contributed by atoms with Gasteiger partial charge in [-0.2, -0.15) is 0 Å². The fourth-order valence-electron chi connectivity index (χ4n) is 2.60. The Hall–Kier alpha value is -2.56. The lowest BCUT2D eigenvalue weighted by Crippen LogP contribution is -2.20. The highest BCUT2D eigenvalue weighted by Crippen LogP contribution is 2.24. The lowest BCUT2D eigenvalue weighted by molar-refractivity contribution is 0.0698. The van der Waals surface area contributed by atoms with E-state index in [1.54, 1.807) is 0 Å². The highest BCUT2D eigenvalue weighted by molar-refractivity contribution is 5.94. The minimum atomic E-state index is -1.04. The van der Waals surface area contributed by atoms with Crippen LogP contribution >= 0.6 is 0 Å². The summed E-state index contributed by atoms with van der Waals surface area (Å²) in [6.07, 6.45) is 3.23. The molecule has 102 valence electrons. The largest absolute Gasteiger partial charge is 0.478 e. The second-order valence-electron chi connectivity index (χ2n) is 4.98. The maximum absolute atomic E-state index is 11.1. The predicted octanol–water partition coefficient (Wildman–Crippen LogP) is 1.94. The van der Waals surface area contributed by atoms with E-state index in [4.69, 9.17) is 10.8 Å². The second kappa shape index (κ2) is 4.85. The number of nitrogens with one attached hydrogen (secondary N) is 1. The number of carbonyl (C=O) groups is 1. The predicted molar refractivity (Wildman–Crippen MR) is 76.9 cm³/mol. The van der Waals surface area contributed by atoms with Gasteiger partial charge in [0.15, 0.2) is 0 Å². The molecule has 1 aliphatic carbocycles. The second-order valence-corrected chi connectivity index (χ2v) is 4.98. The van der Waals surface area contributed by atoms with Gasteiger partial charge in [0.05, 0.1) is 17.4 Å². The monoisotopic (exact) mass is 269 g/mol. The number of hydrogen-bond acceptors (Lipinski definition) is 4. The van der Waals surface area contributed by atoms with Crippen LogP contribution in [0.2, 0.25) is 0 Å². The minimum absolute atomic E-state index is 0.0815. The molecule has 0 saturated carbocycles. The number of carboxylic acid groups (broad SMARTS) is 1. The molecule has 3 rings (SSSR count). The lowest BCUT2D eigenvalue weighted by Gasteiger charge is -2.13. The molecule has 2 aromatic rings. The third kappa shape index (κ3) is 2.30. The van der Waals surface area contributed by atoms with Gasteiger partial charge < -0.3 is 16.2 Å². The van der Waals surface area contributed by atoms with Gasteiger partial charge in [-0.3, -0.25) is 0 Å². The van der Waals surface area contributed by atoms with Crippen LogP contribution < -0.4 is 11.1 Å². The molecule has 1 aromatic heterocycles. The average Bonchev–Trinajstić information content (AvgIpc) is 2.82. The molecule has 0 fully saturated rings. The number of pyridine rings is 1. The Balaban J connectivity index is 1.77. The summed E-state index contributed by atoms with van der Waals surface area (Å²) in [5.74, 6) is -0.489. The normalized spacial score (nSPS) is 14.0. The van der Waals surface area contributed by atoms with Crippen molar-refractivity contribution in [3.8, 4) is 0 Å². The molecule has 1 heterocycles. The van der Waals surface area contributed by atoms with Gasteiger partial charge in [0.1, 0.15) is 5.82 Å². The van der Waals surface area contributed by atoms with E-state index in [1.807, 2.05) is 12.1 Å². The van der Waals surface area contributed by atoms with Crippen LogP contribution in [0.25, 0.3) is 0 Å². The van der Waals surface area contributed by atoms with E-state index in [0.717, 1.165) is 12.8 Å². The minimum Gasteiger partial charge on any atom is -0.478 e. The van der Waals surface area contributed by atoms with Gasteiger partial charge in [-0.1, -0.05) is 24.3 Å². The van der Waals surface area contributed by atoms with E-state index >= 15 is 0 Å². The van der Waals surface area contributed by atoms with Crippen LogP contribution in [0.15, 0.2) is 36.5 Å². The molecule has 0 atom stereocenters. The molecule has 5 heteroatoms. The molecule has 1 aliphatic rings. The Labute approximate surface area is 116 Å². The van der Waals surface area contributed by atoms with Gasteiger partial charge in [-0.25, -0.2) is 9.78 Å². The topological polar surface area (TPSA) is 88.2 Å². The number of rotatable bonds is 3. The highest BCUT2D eigenvalue weighted by Gasteiger charge is 2.21. The molecule has 0 aliphatic heterocycles. The van der Waals surface area contributed by atoms with Crippen LogP contribution in [0.3, 0.4) is 0 Å². The molecule has 0 radical (unpaired) electrons. The van der Waals surface area contributed by atoms with Gasteiger partial charge in [0, 0.05) is 6.04 Å². The van der Waals surface area contributed by atoms with Crippen molar-refractivity contribution in [1.29, 1.82) is 0 Å². The van der Waals surface area contributed by atoms with Crippen LogP contribution in [-0.2, 0) is 12.8 Å².